The molecule has 5 aromatic carbocycles. The predicted molar refractivity (Wildman–Crippen MR) is 214 cm³/mol. The number of amides is 2. The highest BCUT2D eigenvalue weighted by molar-refractivity contribution is 7.93. The molecule has 0 fully saturated rings. The number of nitrogens with zero attached hydrogens (tertiary/aromatic N) is 2. The SMILES string of the molecule is COc1cccc(C(C(=O)NS(=O)(=O)c2ccc(C)cc2OC)N2CCc3c2cccc3N(CC(=O)NS(=O)(=O)c2ccccc2)S(=O)(=O)c2ccc(C)cc2)c1. The van der Waals surface area contributed by atoms with Crippen molar-refractivity contribution in [1.82, 2.24) is 9.44 Å². The summed E-state index contributed by atoms with van der Waals surface area (Å²) >= 11 is 0. The first kappa shape index (κ1) is 40.7. The van der Waals surface area contributed by atoms with Gasteiger partial charge in [-0.2, -0.15) is 0 Å². The lowest BCUT2D eigenvalue weighted by Crippen LogP contribution is -2.43. The van der Waals surface area contributed by atoms with E-state index in [2.05, 4.69) is 4.72 Å². The normalized spacial score (nSPS) is 13.3. The molecule has 1 atom stereocenters. The average Bonchev–Trinajstić information content (AvgIpc) is 3.61. The summed E-state index contributed by atoms with van der Waals surface area (Å²) in [7, 11) is -10.6. The Morgan fingerprint density at radius 2 is 1.40 bits per heavy atom. The Kier molecular flexibility index (Phi) is 11.6. The third kappa shape index (κ3) is 8.60. The molecule has 0 aromatic heterocycles. The summed E-state index contributed by atoms with van der Waals surface area (Å²) in [6.45, 7) is 2.74. The Balaban J connectivity index is 1.43. The van der Waals surface area contributed by atoms with Crippen LogP contribution in [-0.4, -0.2) is 64.4 Å². The Hall–Kier alpha value is -5.91. The number of hydrogen-bond acceptors (Lipinski definition) is 11. The summed E-state index contributed by atoms with van der Waals surface area (Å²) < 4.78 is 98.3. The van der Waals surface area contributed by atoms with Gasteiger partial charge >= 0.3 is 0 Å². The first-order valence-electron chi connectivity index (χ1n) is 17.5. The van der Waals surface area contributed by atoms with Gasteiger partial charge in [-0.3, -0.25) is 13.9 Å². The lowest BCUT2D eigenvalue weighted by atomic mass is 10.0. The van der Waals surface area contributed by atoms with Crippen molar-refractivity contribution in [3.05, 3.63) is 138 Å². The van der Waals surface area contributed by atoms with Crippen LogP contribution in [0.3, 0.4) is 0 Å². The molecule has 17 heteroatoms. The number of methoxy groups -OCH3 is 2. The molecular formula is C40H40N4O10S3. The molecule has 298 valence electrons. The van der Waals surface area contributed by atoms with Crippen LogP contribution < -0.4 is 28.1 Å². The van der Waals surface area contributed by atoms with Crippen molar-refractivity contribution in [2.45, 2.75) is 41.0 Å². The van der Waals surface area contributed by atoms with Crippen LogP contribution in [0, 0.1) is 13.8 Å². The summed E-state index contributed by atoms with van der Waals surface area (Å²) in [5.41, 5.74) is 2.74. The topological polar surface area (TPSA) is 186 Å². The van der Waals surface area contributed by atoms with Gasteiger partial charge in [-0.15, -0.1) is 0 Å². The number of anilines is 2. The summed E-state index contributed by atoms with van der Waals surface area (Å²) in [6, 6.07) is 27.5. The van der Waals surface area contributed by atoms with E-state index in [0.717, 1.165) is 15.4 Å². The summed E-state index contributed by atoms with van der Waals surface area (Å²) in [4.78, 5) is 28.9. The molecule has 57 heavy (non-hydrogen) atoms. The molecule has 0 aliphatic carbocycles. The number of hydrogen-bond donors (Lipinski definition) is 2. The third-order valence-corrected chi connectivity index (χ3v) is 13.9. The maximum Gasteiger partial charge on any atom is 0.267 e. The monoisotopic (exact) mass is 832 g/mol. The van der Waals surface area contributed by atoms with Gasteiger partial charge in [0.15, 0.2) is 0 Å². The molecule has 5 aromatic rings. The number of aryl methyl sites for hydroxylation is 2. The smallest absolute Gasteiger partial charge is 0.267 e. The van der Waals surface area contributed by atoms with Gasteiger partial charge in [0.1, 0.15) is 29.0 Å². The van der Waals surface area contributed by atoms with Crippen molar-refractivity contribution in [2.24, 2.45) is 0 Å². The molecule has 0 spiro atoms. The van der Waals surface area contributed by atoms with Crippen LogP contribution in [0.1, 0.15) is 28.3 Å². The zero-order valence-electron chi connectivity index (χ0n) is 31.4. The third-order valence-electron chi connectivity index (χ3n) is 9.32. The van der Waals surface area contributed by atoms with Gasteiger partial charge < -0.3 is 14.4 Å². The zero-order valence-corrected chi connectivity index (χ0v) is 33.8. The summed E-state index contributed by atoms with van der Waals surface area (Å²) in [5.74, 6) is -1.60. The highest BCUT2D eigenvalue weighted by Crippen LogP contribution is 2.42. The van der Waals surface area contributed by atoms with E-state index in [-0.39, 0.29) is 39.1 Å². The van der Waals surface area contributed by atoms with Gasteiger partial charge in [-0.05, 0) is 92.1 Å². The second-order valence-corrected chi connectivity index (χ2v) is 18.4. The fourth-order valence-corrected chi connectivity index (χ4v) is 10.2. The number of nitrogens with one attached hydrogen (secondary N) is 2. The molecule has 0 saturated carbocycles. The van der Waals surface area contributed by atoms with Crippen LogP contribution in [0.5, 0.6) is 11.5 Å². The standard InChI is InChI=1S/C40H40N4O10S3/c1-27-16-19-32(20-17-27)57(51,52)44(26-38(45)41-55(47,48)31-12-6-5-7-13-31)35-15-9-14-34-33(35)22-23-43(34)39(29-10-8-11-30(25-29)53-3)40(46)42-56(49,50)37-21-18-28(2)24-36(37)54-4/h5-21,24-25,39H,22-23,26H2,1-4H3,(H,41,45)(H,42,46). The Bertz CT molecular complexity index is 2660. The number of carbonyl (C=O) groups is 2. The first-order chi connectivity index (χ1) is 27.1. The van der Waals surface area contributed by atoms with Gasteiger partial charge in [0, 0.05) is 17.8 Å². The highest BCUT2D eigenvalue weighted by atomic mass is 32.2. The molecule has 0 bridgehead atoms. The van der Waals surface area contributed by atoms with E-state index >= 15 is 0 Å². The Morgan fingerprint density at radius 3 is 2.09 bits per heavy atom. The predicted octanol–water partition coefficient (Wildman–Crippen LogP) is 4.63. The van der Waals surface area contributed by atoms with Crippen molar-refractivity contribution in [1.29, 1.82) is 0 Å². The van der Waals surface area contributed by atoms with Gasteiger partial charge in [0.2, 0.25) is 0 Å². The van der Waals surface area contributed by atoms with Crippen LogP contribution in [0.25, 0.3) is 0 Å². The van der Waals surface area contributed by atoms with Crippen molar-refractivity contribution in [3.63, 3.8) is 0 Å². The van der Waals surface area contributed by atoms with E-state index < -0.39 is 54.5 Å². The Morgan fingerprint density at radius 1 is 0.719 bits per heavy atom. The molecule has 14 nitrogen and oxygen atoms in total. The molecule has 1 heterocycles. The molecule has 1 aliphatic heterocycles. The van der Waals surface area contributed by atoms with Crippen LogP contribution >= 0.6 is 0 Å². The first-order valence-corrected chi connectivity index (χ1v) is 21.9. The maximum atomic E-state index is 14.4. The van der Waals surface area contributed by atoms with E-state index in [4.69, 9.17) is 9.47 Å². The minimum Gasteiger partial charge on any atom is -0.497 e. The molecule has 0 saturated heterocycles. The Labute approximate surface area is 332 Å². The van der Waals surface area contributed by atoms with Crippen LogP contribution in [0.15, 0.2) is 130 Å². The number of fused-ring (bicyclic) bond motifs is 1. The molecular weight excluding hydrogens is 793 g/mol. The van der Waals surface area contributed by atoms with Crippen LogP contribution in [0.4, 0.5) is 11.4 Å². The zero-order chi connectivity index (χ0) is 41.1. The minimum atomic E-state index is -4.52. The van der Waals surface area contributed by atoms with Gasteiger partial charge in [-0.25, -0.2) is 34.7 Å². The average molecular weight is 833 g/mol. The minimum absolute atomic E-state index is 0.0415. The van der Waals surface area contributed by atoms with E-state index in [1.165, 1.54) is 74.9 Å². The van der Waals surface area contributed by atoms with E-state index in [9.17, 15) is 34.8 Å². The van der Waals surface area contributed by atoms with Gasteiger partial charge in [-0.1, -0.05) is 60.2 Å². The number of sulfonamides is 3. The van der Waals surface area contributed by atoms with E-state index in [1.807, 2.05) is 4.72 Å². The molecule has 6 rings (SSSR count). The van der Waals surface area contributed by atoms with Crippen LogP contribution in [-0.2, 0) is 46.1 Å². The number of carbonyl (C=O) groups excluding carboxylic acids is 2. The number of rotatable bonds is 14. The lowest BCUT2D eigenvalue weighted by Gasteiger charge is -2.31. The summed E-state index contributed by atoms with van der Waals surface area (Å²) in [6.07, 6.45) is 0.154. The van der Waals surface area contributed by atoms with Gasteiger partial charge in [0.05, 0.1) is 29.7 Å². The van der Waals surface area contributed by atoms with E-state index in [0.29, 0.717) is 22.6 Å². The number of ether oxygens (including phenoxy) is 2. The largest absolute Gasteiger partial charge is 0.497 e. The maximum absolute atomic E-state index is 14.4. The van der Waals surface area contributed by atoms with Crippen molar-refractivity contribution < 1.29 is 44.3 Å². The van der Waals surface area contributed by atoms with Gasteiger partial charge in [0.25, 0.3) is 41.9 Å². The molecule has 2 N–H and O–H groups in total. The fourth-order valence-electron chi connectivity index (χ4n) is 6.58. The molecule has 0 radical (unpaired) electrons. The molecule has 1 aliphatic rings. The second kappa shape index (κ2) is 16.3. The van der Waals surface area contributed by atoms with Crippen LogP contribution in [0.2, 0.25) is 0 Å². The fraction of sp³-hybridized carbons (Fsp3) is 0.200. The highest BCUT2D eigenvalue weighted by Gasteiger charge is 2.39. The lowest BCUT2D eigenvalue weighted by molar-refractivity contribution is -0.121. The molecule has 1 unspecified atom stereocenters. The molecule has 2 amide bonds. The number of benzene rings is 5. The van der Waals surface area contributed by atoms with Crippen molar-refractivity contribution in [2.75, 3.05) is 36.5 Å². The van der Waals surface area contributed by atoms with E-state index in [1.54, 1.807) is 73.3 Å². The second-order valence-electron chi connectivity index (χ2n) is 13.2. The van der Waals surface area contributed by atoms with Crippen molar-refractivity contribution in [3.8, 4) is 11.5 Å². The quantitative estimate of drug-likeness (QED) is 0.159. The summed E-state index contributed by atoms with van der Waals surface area (Å²) in [5, 5.41) is 0. The van der Waals surface area contributed by atoms with Crippen molar-refractivity contribution >= 4 is 53.3 Å².